The van der Waals surface area contributed by atoms with Crippen LogP contribution in [0.25, 0.3) is 0 Å². The van der Waals surface area contributed by atoms with Crippen LogP contribution in [-0.2, 0) is 0 Å². The summed E-state index contributed by atoms with van der Waals surface area (Å²) in [6, 6.07) is 1.62. The molecule has 0 unspecified atom stereocenters. The van der Waals surface area contributed by atoms with E-state index in [0.29, 0.717) is 0 Å². The van der Waals surface area contributed by atoms with Crippen molar-refractivity contribution in [1.29, 1.82) is 0 Å². The van der Waals surface area contributed by atoms with E-state index >= 15 is 0 Å². The quantitative estimate of drug-likeness (QED) is 0.449. The van der Waals surface area contributed by atoms with Crippen LogP contribution in [0.3, 0.4) is 0 Å². The van der Waals surface area contributed by atoms with Gasteiger partial charge in [0.25, 0.3) is 0 Å². The van der Waals surface area contributed by atoms with Gasteiger partial charge in [0.2, 0.25) is 0 Å². The molecule has 0 heterocycles. The summed E-state index contributed by atoms with van der Waals surface area (Å²) >= 11 is 0. The average Bonchev–Trinajstić information content (AvgIpc) is 2.60. The molecule has 1 heteroatoms. The molecule has 0 saturated heterocycles. The van der Waals surface area contributed by atoms with E-state index in [4.69, 9.17) is 0 Å². The van der Waals surface area contributed by atoms with Gasteiger partial charge in [-0.25, -0.2) is 0 Å². The lowest BCUT2D eigenvalue weighted by Gasteiger charge is -2.54. The number of hydrogen-bond acceptors (Lipinski definition) is 0. The molecule has 3 aliphatic rings. The summed E-state index contributed by atoms with van der Waals surface area (Å²) in [6.45, 7) is 10.2. The molecule has 0 aromatic heterocycles. The van der Waals surface area contributed by atoms with E-state index in [0.717, 1.165) is 17.8 Å². The molecule has 3 rings (SSSR count). The normalized spacial score (nSPS) is 44.0. The molecule has 0 aromatic rings. The molecule has 24 heavy (non-hydrogen) atoms. The molecule has 0 aliphatic heterocycles. The van der Waals surface area contributed by atoms with E-state index in [9.17, 15) is 0 Å². The van der Waals surface area contributed by atoms with Crippen molar-refractivity contribution < 1.29 is 0 Å². The van der Waals surface area contributed by atoms with Gasteiger partial charge in [-0.05, 0) is 34.4 Å². The van der Waals surface area contributed by atoms with Gasteiger partial charge >= 0.3 is 0 Å². The van der Waals surface area contributed by atoms with Crippen LogP contribution in [0.15, 0.2) is 0 Å². The van der Waals surface area contributed by atoms with E-state index in [-0.39, 0.29) is 0 Å². The maximum absolute atomic E-state index is 2.64. The summed E-state index contributed by atoms with van der Waals surface area (Å²) in [5, 5.41) is 0. The van der Waals surface area contributed by atoms with Gasteiger partial charge in [0.1, 0.15) is 0 Å². The van der Waals surface area contributed by atoms with Crippen LogP contribution in [0, 0.1) is 17.8 Å². The predicted molar refractivity (Wildman–Crippen MR) is 110 cm³/mol. The molecule has 0 N–H and O–H groups in total. The highest BCUT2D eigenvalue weighted by atomic mass is 28.3. The van der Waals surface area contributed by atoms with Crippen LogP contribution in [0.4, 0.5) is 0 Å². The Labute approximate surface area is 153 Å². The lowest BCUT2D eigenvalue weighted by molar-refractivity contribution is 0.327. The van der Waals surface area contributed by atoms with Crippen molar-refractivity contribution in [2.24, 2.45) is 17.8 Å². The lowest BCUT2D eigenvalue weighted by atomic mass is 9.89. The largest absolute Gasteiger partial charge is 0.0677 e. The smallest absolute Gasteiger partial charge is 0.0626 e. The second-order valence-corrected chi connectivity index (χ2v) is 15.7. The third kappa shape index (κ3) is 3.81. The Morgan fingerprint density at radius 3 is 0.958 bits per heavy atom. The zero-order valence-corrected chi connectivity index (χ0v) is 18.2. The zero-order valence-electron chi connectivity index (χ0n) is 17.2. The Hall–Kier alpha value is 0.217. The Morgan fingerprint density at radius 2 is 0.750 bits per heavy atom. The summed E-state index contributed by atoms with van der Waals surface area (Å²) < 4.78 is 0. The van der Waals surface area contributed by atoms with Gasteiger partial charge in [-0.3, -0.25) is 0 Å². The van der Waals surface area contributed by atoms with Crippen LogP contribution >= 0.6 is 0 Å². The third-order valence-corrected chi connectivity index (χ3v) is 16.5. The fraction of sp³-hybridized carbons (Fsp3) is 1.00. The second kappa shape index (κ2) is 8.27. The molecular weight excluding hydrogens is 304 g/mol. The standard InChI is InChI=1S/C23H44Si/c1-5-24(21-12-6-18(2)7-13-21,22-14-8-19(3)9-15-22)23-16-10-20(4)11-17-23/h18-23H,5-17H2,1-4H3. The van der Waals surface area contributed by atoms with Gasteiger partial charge in [-0.2, -0.15) is 0 Å². The molecule has 0 spiro atoms. The monoisotopic (exact) mass is 348 g/mol. The van der Waals surface area contributed by atoms with Gasteiger partial charge in [0, 0.05) is 0 Å². The first kappa shape index (κ1) is 19.0. The predicted octanol–water partition coefficient (Wildman–Crippen LogP) is 8.20. The van der Waals surface area contributed by atoms with Crippen LogP contribution < -0.4 is 0 Å². The molecule has 0 aromatic carbocycles. The number of rotatable bonds is 4. The Bertz CT molecular complexity index is 310. The maximum Gasteiger partial charge on any atom is 0.0626 e. The van der Waals surface area contributed by atoms with Gasteiger partial charge < -0.3 is 0 Å². The number of hydrogen-bond donors (Lipinski definition) is 0. The summed E-state index contributed by atoms with van der Waals surface area (Å²) in [5.74, 6) is 3.05. The molecule has 3 aliphatic carbocycles. The maximum atomic E-state index is 2.64. The van der Waals surface area contributed by atoms with Gasteiger partial charge in [-0.1, -0.05) is 111 Å². The SMILES string of the molecule is CC[Si](C1CCC(C)CC1)(C1CCC(C)CC1)C1CCC(C)CC1. The summed E-state index contributed by atoms with van der Waals surface area (Å²) in [4.78, 5) is 0. The van der Waals surface area contributed by atoms with Crippen LogP contribution in [0.1, 0.15) is 105 Å². The van der Waals surface area contributed by atoms with Gasteiger partial charge in [-0.15, -0.1) is 0 Å². The summed E-state index contributed by atoms with van der Waals surface area (Å²) in [7, 11) is -1.16. The molecule has 0 amide bonds. The Morgan fingerprint density at radius 1 is 0.500 bits per heavy atom. The van der Waals surface area contributed by atoms with Crippen LogP contribution in [0.2, 0.25) is 22.7 Å². The fourth-order valence-corrected chi connectivity index (χ4v) is 15.2. The zero-order chi connectivity index (χ0) is 17.2. The van der Waals surface area contributed by atoms with Crippen molar-refractivity contribution in [3.63, 3.8) is 0 Å². The molecule has 3 saturated carbocycles. The highest BCUT2D eigenvalue weighted by molar-refractivity contribution is 6.83. The molecule has 0 radical (unpaired) electrons. The fourth-order valence-electron chi connectivity index (χ4n) is 7.26. The van der Waals surface area contributed by atoms with Crippen molar-refractivity contribution in [3.8, 4) is 0 Å². The van der Waals surface area contributed by atoms with Gasteiger partial charge in [0.15, 0.2) is 0 Å². The first-order valence-corrected chi connectivity index (χ1v) is 14.0. The van der Waals surface area contributed by atoms with Gasteiger partial charge in [0.05, 0.1) is 8.07 Å². The highest BCUT2D eigenvalue weighted by Gasteiger charge is 2.52. The first-order chi connectivity index (χ1) is 11.6. The first-order valence-electron chi connectivity index (χ1n) is 11.6. The van der Waals surface area contributed by atoms with Crippen molar-refractivity contribution in [3.05, 3.63) is 0 Å². The summed E-state index contributed by atoms with van der Waals surface area (Å²) in [6.07, 6.45) is 18.9. The molecule has 0 atom stereocenters. The van der Waals surface area contributed by atoms with Crippen LogP contribution in [-0.4, -0.2) is 8.07 Å². The van der Waals surface area contributed by atoms with Crippen LogP contribution in [0.5, 0.6) is 0 Å². The van der Waals surface area contributed by atoms with E-state index in [1.807, 2.05) is 0 Å². The topological polar surface area (TPSA) is 0 Å². The Kier molecular flexibility index (Phi) is 6.55. The molecule has 0 nitrogen and oxygen atoms in total. The Balaban J connectivity index is 1.83. The second-order valence-electron chi connectivity index (χ2n) is 10.3. The molecule has 0 bridgehead atoms. The van der Waals surface area contributed by atoms with E-state index in [1.54, 1.807) is 83.1 Å². The average molecular weight is 349 g/mol. The van der Waals surface area contributed by atoms with E-state index in [1.165, 1.54) is 16.6 Å². The molecule has 140 valence electrons. The molecule has 3 fully saturated rings. The van der Waals surface area contributed by atoms with Crippen molar-refractivity contribution in [2.45, 2.75) is 127 Å². The lowest BCUT2D eigenvalue weighted by Crippen LogP contribution is -2.51. The van der Waals surface area contributed by atoms with Crippen molar-refractivity contribution in [2.75, 3.05) is 0 Å². The highest BCUT2D eigenvalue weighted by Crippen LogP contribution is 2.59. The van der Waals surface area contributed by atoms with E-state index < -0.39 is 8.07 Å². The van der Waals surface area contributed by atoms with Crippen molar-refractivity contribution in [1.82, 2.24) is 0 Å². The minimum Gasteiger partial charge on any atom is -0.0677 e. The molecular formula is C23H44Si. The van der Waals surface area contributed by atoms with E-state index in [2.05, 4.69) is 27.7 Å². The third-order valence-electron chi connectivity index (χ3n) is 8.94. The van der Waals surface area contributed by atoms with Crippen molar-refractivity contribution >= 4 is 8.07 Å². The minimum atomic E-state index is -1.16. The summed E-state index contributed by atoms with van der Waals surface area (Å²) in [5.41, 5.74) is 3.57. The minimum absolute atomic E-state index is 1.02.